The summed E-state index contributed by atoms with van der Waals surface area (Å²) in [5.74, 6) is 0.640. The van der Waals surface area contributed by atoms with E-state index in [4.69, 9.17) is 25.7 Å². The Morgan fingerprint density at radius 3 is 2.64 bits per heavy atom. The molecule has 6 rings (SSSR count). The van der Waals surface area contributed by atoms with Gasteiger partial charge in [0.2, 0.25) is 5.82 Å². The quantitative estimate of drug-likeness (QED) is 0.182. The van der Waals surface area contributed by atoms with Gasteiger partial charge in [-0.25, -0.2) is 9.37 Å². The first-order chi connectivity index (χ1) is 19.0. The molecule has 0 aliphatic rings. The van der Waals surface area contributed by atoms with Crippen LogP contribution in [-0.2, 0) is 6.61 Å². The van der Waals surface area contributed by atoms with E-state index in [1.165, 1.54) is 17.0 Å². The number of halogens is 3. The van der Waals surface area contributed by atoms with Gasteiger partial charge in [-0.05, 0) is 58.4 Å². The topological polar surface area (TPSA) is 69.6 Å². The molecule has 2 aromatic heterocycles. The molecule has 9 heteroatoms. The molecule has 0 fully saturated rings. The maximum absolute atomic E-state index is 14.2. The summed E-state index contributed by atoms with van der Waals surface area (Å²) in [6.07, 6.45) is 1.46. The lowest BCUT2D eigenvalue weighted by Crippen LogP contribution is -2.20. The molecule has 0 aliphatic heterocycles. The normalized spacial score (nSPS) is 11.6. The summed E-state index contributed by atoms with van der Waals surface area (Å²) in [6.45, 7) is -0.0184. The van der Waals surface area contributed by atoms with Gasteiger partial charge in [-0.2, -0.15) is 9.78 Å². The Balaban J connectivity index is 1.47. The van der Waals surface area contributed by atoms with Crippen molar-refractivity contribution < 1.29 is 13.5 Å². The molecule has 0 amide bonds. The van der Waals surface area contributed by atoms with E-state index in [2.05, 4.69) is 21.0 Å². The van der Waals surface area contributed by atoms with Gasteiger partial charge in [-0.3, -0.25) is 4.79 Å². The molecule has 0 saturated carbocycles. The minimum absolute atomic E-state index is 0.0184. The monoisotopic (exact) mass is 601 g/mol. The van der Waals surface area contributed by atoms with Crippen LogP contribution >= 0.6 is 27.5 Å². The average molecular weight is 603 g/mol. The lowest BCUT2D eigenvalue weighted by Gasteiger charge is -2.13. The van der Waals surface area contributed by atoms with Gasteiger partial charge in [0.05, 0.1) is 21.6 Å². The molecular weight excluding hydrogens is 585 g/mol. The molecule has 4 aromatic carbocycles. The van der Waals surface area contributed by atoms with Gasteiger partial charge in [-0.15, -0.1) is 0 Å². The van der Waals surface area contributed by atoms with Gasteiger partial charge in [0, 0.05) is 21.5 Å². The standard InChI is InChI=1S/C30H18BrClFN3O3/c31-23-15-21(32)13-20(28(23)38-17-19-8-1-4-10-24(19)33)16-34-36-29(27-14-18-7-2-6-12-26(18)39-27)35-25-11-5-3-9-22(25)30(36)37/h1-16H,17H2. The molecule has 2 heterocycles. The molecule has 0 atom stereocenters. The van der Waals surface area contributed by atoms with Crippen LogP contribution in [0.15, 0.2) is 110 Å². The SMILES string of the molecule is O=c1c2ccccc2nc(-c2cc3ccccc3o2)n1N=Cc1cc(Cl)cc(Br)c1OCc1ccccc1F. The fraction of sp³-hybridized carbons (Fsp3) is 0.0333. The van der Waals surface area contributed by atoms with Gasteiger partial charge in [0.15, 0.2) is 5.76 Å². The van der Waals surface area contributed by atoms with Crippen LogP contribution in [0.1, 0.15) is 11.1 Å². The summed E-state index contributed by atoms with van der Waals surface area (Å²) in [7, 11) is 0. The van der Waals surface area contributed by atoms with Crippen LogP contribution in [0.3, 0.4) is 0 Å². The first kappa shape index (κ1) is 25.0. The smallest absolute Gasteiger partial charge is 0.282 e. The zero-order valence-electron chi connectivity index (χ0n) is 20.1. The van der Waals surface area contributed by atoms with Crippen molar-refractivity contribution in [3.63, 3.8) is 0 Å². The van der Waals surface area contributed by atoms with E-state index in [-0.39, 0.29) is 23.8 Å². The fourth-order valence-corrected chi connectivity index (χ4v) is 5.14. The van der Waals surface area contributed by atoms with Crippen molar-refractivity contribution in [3.05, 3.63) is 128 Å². The highest BCUT2D eigenvalue weighted by molar-refractivity contribution is 9.10. The van der Waals surface area contributed by atoms with E-state index in [1.807, 2.05) is 36.4 Å². The molecule has 6 nitrogen and oxygen atoms in total. The number of benzene rings is 4. The minimum Gasteiger partial charge on any atom is -0.487 e. The molecule has 0 aliphatic carbocycles. The van der Waals surface area contributed by atoms with Gasteiger partial charge in [0.1, 0.15) is 23.8 Å². The highest BCUT2D eigenvalue weighted by atomic mass is 79.9. The van der Waals surface area contributed by atoms with Crippen LogP contribution in [0.2, 0.25) is 5.02 Å². The molecule has 0 unspecified atom stereocenters. The predicted molar refractivity (Wildman–Crippen MR) is 154 cm³/mol. The van der Waals surface area contributed by atoms with Crippen LogP contribution < -0.4 is 10.3 Å². The number of nitrogens with zero attached hydrogens (tertiary/aromatic N) is 3. The van der Waals surface area contributed by atoms with E-state index in [1.54, 1.807) is 48.5 Å². The maximum atomic E-state index is 14.2. The van der Waals surface area contributed by atoms with Crippen LogP contribution in [0, 0.1) is 5.82 Å². The van der Waals surface area contributed by atoms with Crippen molar-refractivity contribution in [2.75, 3.05) is 0 Å². The Morgan fingerprint density at radius 1 is 1.03 bits per heavy atom. The summed E-state index contributed by atoms with van der Waals surface area (Å²) < 4.78 is 27.9. The summed E-state index contributed by atoms with van der Waals surface area (Å²) in [5, 5.41) is 6.20. The molecule has 6 aromatic rings. The third-order valence-electron chi connectivity index (χ3n) is 6.08. The Morgan fingerprint density at radius 2 is 1.79 bits per heavy atom. The van der Waals surface area contributed by atoms with Crippen molar-refractivity contribution in [3.8, 4) is 17.3 Å². The zero-order valence-corrected chi connectivity index (χ0v) is 22.5. The highest BCUT2D eigenvalue weighted by Gasteiger charge is 2.17. The average Bonchev–Trinajstić information content (AvgIpc) is 3.37. The third kappa shape index (κ3) is 4.96. The number of hydrogen-bond donors (Lipinski definition) is 0. The Kier molecular flexibility index (Phi) is 6.72. The maximum Gasteiger partial charge on any atom is 0.282 e. The van der Waals surface area contributed by atoms with Crippen molar-refractivity contribution in [2.45, 2.75) is 6.61 Å². The second-order valence-electron chi connectivity index (χ2n) is 8.65. The number of hydrogen-bond acceptors (Lipinski definition) is 5. The summed E-state index contributed by atoms with van der Waals surface area (Å²) in [6, 6.07) is 26.1. The second kappa shape index (κ2) is 10.5. The van der Waals surface area contributed by atoms with Gasteiger partial charge >= 0.3 is 0 Å². The molecule has 0 saturated heterocycles. The number of para-hydroxylation sites is 2. The molecule has 0 N–H and O–H groups in total. The Hall–Kier alpha value is -4.27. The van der Waals surface area contributed by atoms with Crippen molar-refractivity contribution in [1.82, 2.24) is 9.66 Å². The van der Waals surface area contributed by atoms with E-state index in [9.17, 15) is 9.18 Å². The zero-order chi connectivity index (χ0) is 26.9. The van der Waals surface area contributed by atoms with E-state index < -0.39 is 0 Å². The van der Waals surface area contributed by atoms with Gasteiger partial charge in [-0.1, -0.05) is 60.1 Å². The summed E-state index contributed by atoms with van der Waals surface area (Å²) >= 11 is 9.80. The fourth-order valence-electron chi connectivity index (χ4n) is 4.20. The first-order valence-corrected chi connectivity index (χ1v) is 13.1. The Bertz CT molecular complexity index is 1920. The molecular formula is C30H18BrClFN3O3. The van der Waals surface area contributed by atoms with Crippen LogP contribution in [0.5, 0.6) is 5.75 Å². The van der Waals surface area contributed by atoms with Crippen LogP contribution in [0.25, 0.3) is 33.5 Å². The Labute approximate surface area is 235 Å². The van der Waals surface area contributed by atoms with E-state index in [0.29, 0.717) is 48.6 Å². The number of rotatable bonds is 6. The number of fused-ring (bicyclic) bond motifs is 2. The van der Waals surface area contributed by atoms with Gasteiger partial charge in [0.25, 0.3) is 5.56 Å². The second-order valence-corrected chi connectivity index (χ2v) is 9.94. The highest BCUT2D eigenvalue weighted by Crippen LogP contribution is 2.33. The molecule has 0 spiro atoms. The predicted octanol–water partition coefficient (Wildman–Crippen LogP) is 7.83. The van der Waals surface area contributed by atoms with Crippen LogP contribution in [0.4, 0.5) is 4.39 Å². The lowest BCUT2D eigenvalue weighted by molar-refractivity contribution is 0.297. The third-order valence-corrected chi connectivity index (χ3v) is 6.89. The van der Waals surface area contributed by atoms with Crippen molar-refractivity contribution in [1.29, 1.82) is 0 Å². The number of furan rings is 1. The number of ether oxygens (including phenoxy) is 1. The number of aromatic nitrogens is 2. The van der Waals surface area contributed by atoms with E-state index >= 15 is 0 Å². The van der Waals surface area contributed by atoms with Crippen molar-refractivity contribution in [2.24, 2.45) is 5.10 Å². The largest absolute Gasteiger partial charge is 0.487 e. The van der Waals surface area contributed by atoms with Gasteiger partial charge < -0.3 is 9.15 Å². The van der Waals surface area contributed by atoms with E-state index in [0.717, 1.165) is 5.39 Å². The lowest BCUT2D eigenvalue weighted by atomic mass is 10.2. The molecule has 0 bridgehead atoms. The molecule has 192 valence electrons. The summed E-state index contributed by atoms with van der Waals surface area (Å²) in [4.78, 5) is 18.3. The van der Waals surface area contributed by atoms with Crippen molar-refractivity contribution >= 4 is 55.6 Å². The molecule has 0 radical (unpaired) electrons. The minimum atomic E-state index is -0.373. The van der Waals surface area contributed by atoms with Crippen LogP contribution in [-0.4, -0.2) is 15.9 Å². The molecule has 39 heavy (non-hydrogen) atoms. The summed E-state index contributed by atoms with van der Waals surface area (Å²) in [5.41, 5.74) is 1.67. The first-order valence-electron chi connectivity index (χ1n) is 11.9.